The van der Waals surface area contributed by atoms with Crippen molar-refractivity contribution in [1.82, 2.24) is 0 Å². The van der Waals surface area contributed by atoms with Crippen molar-refractivity contribution in [2.45, 2.75) is 57.8 Å². The molecule has 12 aromatic carbocycles. The van der Waals surface area contributed by atoms with Crippen molar-refractivity contribution >= 4 is 21.5 Å². The standard InChI is InChI=1S/C77H58/c1-75(2)65-45-63-67(76(3,4)69-43-61(55-33-19-21-35-57(55)73(63)69)71-51(47-25-11-7-12-26-47)37-23-38-52(71)48-27-13-8-14-28-48)41-59(65)60-42-68-64(46-66(60)75)74-58-36-22-20-34-56(58)62(44-70(74)77(68,5)6)72-53(49-29-15-9-16-30-49)39-24-40-54(72)50-31-17-10-18-32-50/h7-46H,1-6H3. The number of hydrogen-bond donors (Lipinski definition) is 0. The van der Waals surface area contributed by atoms with E-state index in [1.807, 2.05) is 0 Å². The lowest BCUT2D eigenvalue weighted by Gasteiger charge is -2.25. The van der Waals surface area contributed by atoms with Gasteiger partial charge in [0.15, 0.2) is 0 Å². The Balaban J connectivity index is 0.915. The van der Waals surface area contributed by atoms with E-state index in [0.29, 0.717) is 0 Å². The first-order valence-corrected chi connectivity index (χ1v) is 27.5. The van der Waals surface area contributed by atoms with Gasteiger partial charge in [0, 0.05) is 16.2 Å². The molecule has 0 atom stereocenters. The molecule has 15 rings (SSSR count). The van der Waals surface area contributed by atoms with Gasteiger partial charge in [0.25, 0.3) is 0 Å². The van der Waals surface area contributed by atoms with Crippen LogP contribution in [0.3, 0.4) is 0 Å². The maximum atomic E-state index is 2.61. The van der Waals surface area contributed by atoms with Crippen LogP contribution in [0.25, 0.3) is 122 Å². The van der Waals surface area contributed by atoms with Crippen LogP contribution in [-0.4, -0.2) is 0 Å². The zero-order valence-electron chi connectivity index (χ0n) is 44.6. The van der Waals surface area contributed by atoms with Crippen molar-refractivity contribution in [2.75, 3.05) is 0 Å². The van der Waals surface area contributed by atoms with Gasteiger partial charge < -0.3 is 0 Å². The van der Waals surface area contributed by atoms with Gasteiger partial charge in [-0.1, -0.05) is 248 Å². The maximum Gasteiger partial charge on any atom is 0.0159 e. The molecule has 366 valence electrons. The molecule has 0 unspecified atom stereocenters. The summed E-state index contributed by atoms with van der Waals surface area (Å²) >= 11 is 0. The summed E-state index contributed by atoms with van der Waals surface area (Å²) in [6.45, 7) is 14.8. The van der Waals surface area contributed by atoms with Gasteiger partial charge >= 0.3 is 0 Å². The first kappa shape index (κ1) is 45.5. The van der Waals surface area contributed by atoms with Gasteiger partial charge in [-0.3, -0.25) is 0 Å². The van der Waals surface area contributed by atoms with E-state index in [-0.39, 0.29) is 16.2 Å². The van der Waals surface area contributed by atoms with Gasteiger partial charge in [-0.25, -0.2) is 0 Å². The average Bonchev–Trinajstić information content (AvgIpc) is 4.04. The van der Waals surface area contributed by atoms with Crippen LogP contribution in [0.15, 0.2) is 243 Å². The van der Waals surface area contributed by atoms with E-state index in [9.17, 15) is 0 Å². The molecule has 12 aromatic rings. The van der Waals surface area contributed by atoms with Crippen LogP contribution in [0.4, 0.5) is 0 Å². The van der Waals surface area contributed by atoms with Crippen LogP contribution >= 0.6 is 0 Å². The van der Waals surface area contributed by atoms with E-state index >= 15 is 0 Å². The fourth-order valence-corrected chi connectivity index (χ4v) is 14.4. The lowest BCUT2D eigenvalue weighted by molar-refractivity contribution is 0.649. The summed E-state index contributed by atoms with van der Waals surface area (Å²) in [5, 5.41) is 5.19. The highest BCUT2D eigenvalue weighted by molar-refractivity contribution is 6.15. The highest BCUT2D eigenvalue weighted by atomic mass is 14.5. The Labute approximate surface area is 453 Å². The van der Waals surface area contributed by atoms with Crippen molar-refractivity contribution < 1.29 is 0 Å². The molecule has 0 heterocycles. The minimum atomic E-state index is -0.268. The highest BCUT2D eigenvalue weighted by Gasteiger charge is 2.46. The fourth-order valence-electron chi connectivity index (χ4n) is 14.4. The number of fused-ring (bicyclic) bond motifs is 13. The van der Waals surface area contributed by atoms with Gasteiger partial charge in [0.05, 0.1) is 0 Å². The summed E-state index contributed by atoms with van der Waals surface area (Å²) in [5.41, 5.74) is 30.9. The number of rotatable bonds is 6. The second-order valence-corrected chi connectivity index (χ2v) is 23.5. The van der Waals surface area contributed by atoms with Crippen LogP contribution in [0.5, 0.6) is 0 Å². The van der Waals surface area contributed by atoms with E-state index in [0.717, 1.165) is 0 Å². The minimum absolute atomic E-state index is 0.238. The van der Waals surface area contributed by atoms with Crippen LogP contribution in [0.2, 0.25) is 0 Å². The lowest BCUT2D eigenvalue weighted by atomic mass is 9.78. The SMILES string of the molecule is CC1(C)c2cc3c(cc2-c2cc4c(cc21)-c1c(cc(-c2c(-c5ccccc5)cccc2-c2ccccc2)c2ccccc12)C4(C)C)C(C)(C)c1cc(-c2c(-c4ccccc4)cccc2-c2ccccc2)c2ccccc2c1-3. The van der Waals surface area contributed by atoms with Crippen LogP contribution < -0.4 is 0 Å². The second-order valence-electron chi connectivity index (χ2n) is 23.5. The molecular weight excluding hydrogens is 925 g/mol. The van der Waals surface area contributed by atoms with Gasteiger partial charge in [-0.2, -0.15) is 0 Å². The highest BCUT2D eigenvalue weighted by Crippen LogP contribution is 2.62. The smallest absolute Gasteiger partial charge is 0.0159 e. The predicted octanol–water partition coefficient (Wildman–Crippen LogP) is 20.9. The Morgan fingerprint density at radius 2 is 0.429 bits per heavy atom. The van der Waals surface area contributed by atoms with E-state index < -0.39 is 0 Å². The normalized spacial score (nSPS) is 14.7. The molecule has 0 amide bonds. The van der Waals surface area contributed by atoms with Gasteiger partial charge in [0.2, 0.25) is 0 Å². The molecule has 0 saturated carbocycles. The molecule has 0 aliphatic heterocycles. The van der Waals surface area contributed by atoms with Crippen molar-refractivity contribution in [3.05, 3.63) is 276 Å². The summed E-state index contributed by atoms with van der Waals surface area (Å²) in [5.74, 6) is 0. The van der Waals surface area contributed by atoms with Crippen molar-refractivity contribution in [2.24, 2.45) is 0 Å². The monoisotopic (exact) mass is 982 g/mol. The predicted molar refractivity (Wildman–Crippen MR) is 327 cm³/mol. The van der Waals surface area contributed by atoms with Gasteiger partial charge in [0.1, 0.15) is 0 Å². The average molecular weight is 983 g/mol. The first-order valence-electron chi connectivity index (χ1n) is 27.5. The third kappa shape index (κ3) is 6.52. The molecule has 0 saturated heterocycles. The molecule has 3 aliphatic rings. The molecular formula is C77H58. The third-order valence-electron chi connectivity index (χ3n) is 18.3. The fraction of sp³-hybridized carbons (Fsp3) is 0.117. The Kier molecular flexibility index (Phi) is 9.81. The summed E-state index contributed by atoms with van der Waals surface area (Å²) in [4.78, 5) is 0. The maximum absolute atomic E-state index is 2.61. The van der Waals surface area contributed by atoms with Gasteiger partial charge in [-0.05, 0) is 191 Å². The molecule has 77 heavy (non-hydrogen) atoms. The van der Waals surface area contributed by atoms with Crippen LogP contribution in [0.1, 0.15) is 74.9 Å². The summed E-state index contributed by atoms with van der Waals surface area (Å²) in [7, 11) is 0. The lowest BCUT2D eigenvalue weighted by Crippen LogP contribution is -2.17. The zero-order valence-corrected chi connectivity index (χ0v) is 44.6. The molecule has 0 aromatic heterocycles. The molecule has 0 radical (unpaired) electrons. The molecule has 0 fully saturated rings. The van der Waals surface area contributed by atoms with E-state index in [1.54, 1.807) is 0 Å². The number of hydrogen-bond acceptors (Lipinski definition) is 0. The molecule has 0 spiro atoms. The number of benzene rings is 12. The summed E-state index contributed by atoms with van der Waals surface area (Å²) in [6.07, 6.45) is 0. The second kappa shape index (κ2) is 16.6. The van der Waals surface area contributed by atoms with Crippen LogP contribution in [0, 0.1) is 0 Å². The molecule has 0 bridgehead atoms. The quantitative estimate of drug-likeness (QED) is 0.156. The van der Waals surface area contributed by atoms with E-state index in [4.69, 9.17) is 0 Å². The molecule has 3 aliphatic carbocycles. The van der Waals surface area contributed by atoms with Gasteiger partial charge in [-0.15, -0.1) is 0 Å². The summed E-state index contributed by atoms with van der Waals surface area (Å²) in [6, 6.07) is 91.5. The Bertz CT molecular complexity index is 4020. The summed E-state index contributed by atoms with van der Waals surface area (Å²) < 4.78 is 0. The van der Waals surface area contributed by atoms with Crippen molar-refractivity contribution in [3.8, 4) is 100 Å². The van der Waals surface area contributed by atoms with Crippen molar-refractivity contribution in [3.63, 3.8) is 0 Å². The topological polar surface area (TPSA) is 0 Å². The van der Waals surface area contributed by atoms with E-state index in [1.165, 1.54) is 155 Å². The molecule has 0 nitrogen and oxygen atoms in total. The van der Waals surface area contributed by atoms with Crippen molar-refractivity contribution in [1.29, 1.82) is 0 Å². The molecule has 0 heteroatoms. The van der Waals surface area contributed by atoms with E-state index in [2.05, 4.69) is 284 Å². The first-order chi connectivity index (χ1) is 37.5. The largest absolute Gasteiger partial charge is 0.0622 e. The third-order valence-corrected chi connectivity index (χ3v) is 18.3. The van der Waals surface area contributed by atoms with Crippen LogP contribution in [-0.2, 0) is 16.2 Å². The zero-order chi connectivity index (χ0) is 52.0. The molecule has 0 N–H and O–H groups in total. The minimum Gasteiger partial charge on any atom is -0.0622 e. The Morgan fingerprint density at radius 3 is 0.753 bits per heavy atom. The Hall–Kier alpha value is -8.84. The Morgan fingerprint density at radius 1 is 0.182 bits per heavy atom.